The monoisotopic (exact) mass is 223 g/mol. The fourth-order valence-corrected chi connectivity index (χ4v) is 1.53. The van der Waals surface area contributed by atoms with E-state index in [1.165, 1.54) is 11.8 Å². The molecule has 1 aromatic rings. The highest BCUT2D eigenvalue weighted by Crippen LogP contribution is 2.15. The SMILES string of the molecule is C=CCNC(=O)CSc1ccc(N)cn1. The van der Waals surface area contributed by atoms with Crippen LogP contribution in [0.5, 0.6) is 0 Å². The molecule has 4 nitrogen and oxygen atoms in total. The Morgan fingerprint density at radius 1 is 1.67 bits per heavy atom. The van der Waals surface area contributed by atoms with E-state index in [1.54, 1.807) is 24.4 Å². The minimum Gasteiger partial charge on any atom is -0.397 e. The third kappa shape index (κ3) is 4.51. The Morgan fingerprint density at radius 3 is 3.07 bits per heavy atom. The third-order valence-electron chi connectivity index (χ3n) is 1.55. The number of nitrogens with one attached hydrogen (secondary N) is 1. The predicted molar refractivity (Wildman–Crippen MR) is 62.6 cm³/mol. The summed E-state index contributed by atoms with van der Waals surface area (Å²) >= 11 is 1.37. The van der Waals surface area contributed by atoms with Crippen LogP contribution in [0.25, 0.3) is 0 Å². The molecule has 0 aliphatic heterocycles. The zero-order valence-electron chi connectivity index (χ0n) is 8.27. The van der Waals surface area contributed by atoms with E-state index < -0.39 is 0 Å². The van der Waals surface area contributed by atoms with Gasteiger partial charge in [0.2, 0.25) is 5.91 Å². The number of pyridine rings is 1. The molecule has 0 spiro atoms. The molecule has 0 bridgehead atoms. The number of nitrogens with zero attached hydrogens (tertiary/aromatic N) is 1. The lowest BCUT2D eigenvalue weighted by Crippen LogP contribution is -2.24. The number of thioether (sulfide) groups is 1. The Balaban J connectivity index is 2.33. The summed E-state index contributed by atoms with van der Waals surface area (Å²) in [6, 6.07) is 3.55. The van der Waals surface area contributed by atoms with Gasteiger partial charge in [-0.25, -0.2) is 4.98 Å². The molecule has 5 heteroatoms. The van der Waals surface area contributed by atoms with E-state index >= 15 is 0 Å². The number of nitrogens with two attached hydrogens (primary N) is 1. The topological polar surface area (TPSA) is 68.0 Å². The van der Waals surface area contributed by atoms with Crippen molar-refractivity contribution in [3.05, 3.63) is 31.0 Å². The molecule has 0 atom stereocenters. The highest BCUT2D eigenvalue weighted by atomic mass is 32.2. The van der Waals surface area contributed by atoms with Crippen molar-refractivity contribution in [1.82, 2.24) is 10.3 Å². The van der Waals surface area contributed by atoms with Gasteiger partial charge in [0, 0.05) is 6.54 Å². The van der Waals surface area contributed by atoms with Gasteiger partial charge in [-0.3, -0.25) is 4.79 Å². The first-order chi connectivity index (χ1) is 7.22. The number of amides is 1. The van der Waals surface area contributed by atoms with Crippen LogP contribution in [0.2, 0.25) is 0 Å². The zero-order valence-corrected chi connectivity index (χ0v) is 9.09. The van der Waals surface area contributed by atoms with Gasteiger partial charge in [0.25, 0.3) is 0 Å². The fraction of sp³-hybridized carbons (Fsp3) is 0.200. The normalized spacial score (nSPS) is 9.60. The summed E-state index contributed by atoms with van der Waals surface area (Å²) in [5.74, 6) is 0.323. The maximum absolute atomic E-state index is 11.2. The number of anilines is 1. The van der Waals surface area contributed by atoms with Crippen LogP contribution in [-0.4, -0.2) is 23.2 Å². The first-order valence-corrected chi connectivity index (χ1v) is 5.43. The summed E-state index contributed by atoms with van der Waals surface area (Å²) in [7, 11) is 0. The van der Waals surface area contributed by atoms with Crippen molar-refractivity contribution in [2.45, 2.75) is 5.03 Å². The second kappa shape index (κ2) is 6.08. The Morgan fingerprint density at radius 2 is 2.47 bits per heavy atom. The van der Waals surface area contributed by atoms with E-state index in [-0.39, 0.29) is 5.91 Å². The molecule has 80 valence electrons. The molecule has 0 saturated heterocycles. The number of rotatable bonds is 5. The van der Waals surface area contributed by atoms with Gasteiger partial charge >= 0.3 is 0 Å². The average Bonchev–Trinajstić information content (AvgIpc) is 2.25. The van der Waals surface area contributed by atoms with Gasteiger partial charge in [0.05, 0.1) is 22.7 Å². The summed E-state index contributed by atoms with van der Waals surface area (Å²) in [5, 5.41) is 3.47. The van der Waals surface area contributed by atoms with E-state index in [1.807, 2.05) is 0 Å². The molecule has 0 saturated carbocycles. The number of carbonyl (C=O) groups excluding carboxylic acids is 1. The zero-order chi connectivity index (χ0) is 11.1. The molecule has 0 unspecified atom stereocenters. The smallest absolute Gasteiger partial charge is 0.230 e. The van der Waals surface area contributed by atoms with E-state index in [0.29, 0.717) is 18.0 Å². The molecule has 0 fully saturated rings. The molecule has 0 aromatic carbocycles. The Labute approximate surface area is 93.0 Å². The lowest BCUT2D eigenvalue weighted by molar-refractivity contribution is -0.118. The van der Waals surface area contributed by atoms with Crippen LogP contribution in [-0.2, 0) is 4.79 Å². The fourth-order valence-electron chi connectivity index (χ4n) is 0.854. The number of hydrogen-bond acceptors (Lipinski definition) is 4. The molecule has 1 rings (SSSR count). The minimum atomic E-state index is -0.0291. The largest absolute Gasteiger partial charge is 0.397 e. The second-order valence-corrected chi connectivity index (χ2v) is 3.81. The quantitative estimate of drug-likeness (QED) is 0.578. The maximum Gasteiger partial charge on any atom is 0.230 e. The summed E-state index contributed by atoms with van der Waals surface area (Å²) in [4.78, 5) is 15.3. The van der Waals surface area contributed by atoms with Crippen molar-refractivity contribution in [3.8, 4) is 0 Å². The molecule has 0 radical (unpaired) electrons. The molecule has 0 aliphatic rings. The molecule has 15 heavy (non-hydrogen) atoms. The Kier molecular flexibility index (Phi) is 4.70. The van der Waals surface area contributed by atoms with Gasteiger partial charge in [-0.1, -0.05) is 17.8 Å². The first-order valence-electron chi connectivity index (χ1n) is 4.44. The van der Waals surface area contributed by atoms with Crippen molar-refractivity contribution < 1.29 is 4.79 Å². The highest BCUT2D eigenvalue weighted by molar-refractivity contribution is 7.99. The van der Waals surface area contributed by atoms with Crippen molar-refractivity contribution in [2.24, 2.45) is 0 Å². The highest BCUT2D eigenvalue weighted by Gasteiger charge is 2.01. The molecule has 3 N–H and O–H groups in total. The van der Waals surface area contributed by atoms with Crippen molar-refractivity contribution in [1.29, 1.82) is 0 Å². The lowest BCUT2D eigenvalue weighted by Gasteiger charge is -2.01. The van der Waals surface area contributed by atoms with E-state index in [2.05, 4.69) is 16.9 Å². The van der Waals surface area contributed by atoms with Gasteiger partial charge in [-0.2, -0.15) is 0 Å². The van der Waals surface area contributed by atoms with Crippen molar-refractivity contribution in [2.75, 3.05) is 18.0 Å². The lowest BCUT2D eigenvalue weighted by atomic mass is 10.4. The number of hydrogen-bond donors (Lipinski definition) is 2. The van der Waals surface area contributed by atoms with E-state index in [4.69, 9.17) is 5.73 Å². The van der Waals surface area contributed by atoms with Crippen LogP contribution in [0.4, 0.5) is 5.69 Å². The van der Waals surface area contributed by atoms with Gasteiger partial charge in [0.1, 0.15) is 0 Å². The van der Waals surface area contributed by atoms with E-state index in [9.17, 15) is 4.79 Å². The molecular weight excluding hydrogens is 210 g/mol. The minimum absolute atomic E-state index is 0.0291. The van der Waals surface area contributed by atoms with Crippen LogP contribution in [0.1, 0.15) is 0 Å². The van der Waals surface area contributed by atoms with Crippen molar-refractivity contribution in [3.63, 3.8) is 0 Å². The van der Waals surface area contributed by atoms with Crippen LogP contribution < -0.4 is 11.1 Å². The van der Waals surface area contributed by atoms with Gasteiger partial charge < -0.3 is 11.1 Å². The van der Waals surface area contributed by atoms with Crippen LogP contribution in [0, 0.1) is 0 Å². The maximum atomic E-state index is 11.2. The summed E-state index contributed by atoms with van der Waals surface area (Å²) in [5.41, 5.74) is 6.11. The first kappa shape index (κ1) is 11.6. The number of nitrogen functional groups attached to an aromatic ring is 1. The van der Waals surface area contributed by atoms with Crippen molar-refractivity contribution >= 4 is 23.4 Å². The molecule has 1 amide bonds. The molecule has 1 heterocycles. The standard InChI is InChI=1S/C10H13N3OS/c1-2-5-12-9(14)7-15-10-4-3-8(11)6-13-10/h2-4,6H,1,5,7,11H2,(H,12,14). The molecule has 0 aliphatic carbocycles. The number of carbonyl (C=O) groups is 1. The second-order valence-electron chi connectivity index (χ2n) is 2.81. The van der Waals surface area contributed by atoms with Crippen LogP contribution >= 0.6 is 11.8 Å². The van der Waals surface area contributed by atoms with Gasteiger partial charge in [-0.15, -0.1) is 6.58 Å². The average molecular weight is 223 g/mol. The van der Waals surface area contributed by atoms with E-state index in [0.717, 1.165) is 5.03 Å². The number of aromatic nitrogens is 1. The summed E-state index contributed by atoms with van der Waals surface area (Å²) in [6.45, 7) is 4.01. The molecule has 1 aromatic heterocycles. The van der Waals surface area contributed by atoms with Crippen LogP contribution in [0.15, 0.2) is 36.0 Å². The summed E-state index contributed by atoms with van der Waals surface area (Å²) < 4.78 is 0. The third-order valence-corrected chi connectivity index (χ3v) is 2.50. The van der Waals surface area contributed by atoms with Crippen LogP contribution in [0.3, 0.4) is 0 Å². The molecular formula is C10H13N3OS. The Bertz CT molecular complexity index is 337. The predicted octanol–water partition coefficient (Wildman–Crippen LogP) is 1.06. The Hall–Kier alpha value is -1.49. The van der Waals surface area contributed by atoms with Gasteiger partial charge in [-0.05, 0) is 12.1 Å². The summed E-state index contributed by atoms with van der Waals surface area (Å²) in [6.07, 6.45) is 3.22. The van der Waals surface area contributed by atoms with Gasteiger partial charge in [0.15, 0.2) is 0 Å².